The van der Waals surface area contributed by atoms with Crippen molar-refractivity contribution in [2.45, 2.75) is 0 Å². The molecule has 0 aliphatic heterocycles. The highest BCUT2D eigenvalue weighted by molar-refractivity contribution is 6.57. The largest absolute Gasteiger partial charge is 0.0610 e. The molecule has 0 amide bonds. The number of hydrogen-bond acceptors (Lipinski definition) is 0. The first kappa shape index (κ1) is 17.5. The molecule has 168 valence electrons. The quantitative estimate of drug-likeness (QED) is 0.152. The summed E-state index contributed by atoms with van der Waals surface area (Å²) >= 11 is 0. The van der Waals surface area contributed by atoms with E-state index < -0.39 is 0 Å². The van der Waals surface area contributed by atoms with Gasteiger partial charge < -0.3 is 0 Å². The van der Waals surface area contributed by atoms with Crippen molar-refractivity contribution in [2.75, 3.05) is 0 Å². The van der Waals surface area contributed by atoms with Crippen molar-refractivity contribution in [2.24, 2.45) is 0 Å². The second kappa shape index (κ2) is 5.21. The monoisotopic (exact) mass is 472 g/mol. The zero-order valence-corrected chi connectivity index (χ0v) is 20.2. The van der Waals surface area contributed by atoms with Crippen LogP contribution in [0.5, 0.6) is 0 Å². The van der Waals surface area contributed by atoms with Crippen molar-refractivity contribution >= 4 is 118 Å². The average molecular weight is 473 g/mol. The molecule has 0 N–H and O–H groups in total. The van der Waals surface area contributed by atoms with Crippen molar-refractivity contribution in [1.82, 2.24) is 0 Å². The smallest absolute Gasteiger partial charge is 0.0000260 e. The molecule has 0 fully saturated rings. The minimum absolute atomic E-state index is 1.34. The van der Waals surface area contributed by atoms with Crippen LogP contribution >= 0.6 is 0 Å². The molecule has 0 saturated heterocycles. The normalized spacial score (nSPS) is 13.8. The molecule has 0 nitrogen and oxygen atoms in total. The van der Waals surface area contributed by atoms with E-state index in [9.17, 15) is 0 Å². The molecule has 12 aromatic rings. The van der Waals surface area contributed by atoms with Gasteiger partial charge in [-0.2, -0.15) is 0 Å². The van der Waals surface area contributed by atoms with E-state index >= 15 is 0 Å². The summed E-state index contributed by atoms with van der Waals surface area (Å²) in [7, 11) is 0. The Hall–Kier alpha value is -4.94. The summed E-state index contributed by atoms with van der Waals surface area (Å²) < 4.78 is 0. The zero-order valence-electron chi connectivity index (χ0n) is 20.2. The number of hydrogen-bond donors (Lipinski definition) is 0. The average Bonchev–Trinajstić information content (AvgIpc) is 2.97. The summed E-state index contributed by atoms with van der Waals surface area (Å²) in [5.41, 5.74) is 0. The lowest BCUT2D eigenvalue weighted by Gasteiger charge is -2.27. The maximum atomic E-state index is 2.44. The SMILES string of the molecule is c1cc2ccc3c4ccc5ccc6ccc7cc8ccc9ccc%10c(c1)c2c3c1c%10c9c8c2c7c6c5c4c21. The van der Waals surface area contributed by atoms with Crippen LogP contribution in [0.2, 0.25) is 0 Å². The predicted octanol–water partition coefficient (Wildman–Crippen LogP) is 11.0. The first-order valence-electron chi connectivity index (χ1n) is 13.5. The summed E-state index contributed by atoms with van der Waals surface area (Å²) in [5, 5.41) is 31.1. The van der Waals surface area contributed by atoms with E-state index in [1.54, 1.807) is 0 Å². The van der Waals surface area contributed by atoms with Gasteiger partial charge in [0.25, 0.3) is 0 Å². The lowest BCUT2D eigenvalue weighted by atomic mass is 9.75. The van der Waals surface area contributed by atoms with E-state index in [4.69, 9.17) is 0 Å². The molecule has 12 rings (SSSR count). The van der Waals surface area contributed by atoms with Gasteiger partial charge in [-0.25, -0.2) is 0 Å². The third-order valence-electron chi connectivity index (χ3n) is 10.1. The van der Waals surface area contributed by atoms with Crippen molar-refractivity contribution in [3.8, 4) is 0 Å². The lowest BCUT2D eigenvalue weighted by Crippen LogP contribution is -1.98. The zero-order chi connectivity index (χ0) is 24.0. The summed E-state index contributed by atoms with van der Waals surface area (Å²) in [6.07, 6.45) is 0. The van der Waals surface area contributed by atoms with Gasteiger partial charge in [0.1, 0.15) is 0 Å². The van der Waals surface area contributed by atoms with Crippen molar-refractivity contribution in [3.63, 3.8) is 0 Å². The molecule has 0 bridgehead atoms. The first-order chi connectivity index (χ1) is 18.9. The van der Waals surface area contributed by atoms with Gasteiger partial charge in [0.15, 0.2) is 0 Å². The molecular formula is C38H16. The highest BCUT2D eigenvalue weighted by atomic mass is 14.3. The van der Waals surface area contributed by atoms with Crippen LogP contribution in [0.4, 0.5) is 0 Å². The molecule has 0 heterocycles. The third kappa shape index (κ3) is 1.54. The summed E-state index contributed by atoms with van der Waals surface area (Å²) in [5.74, 6) is 0. The van der Waals surface area contributed by atoms with Crippen LogP contribution in [0.25, 0.3) is 118 Å². The molecule has 0 aliphatic carbocycles. The van der Waals surface area contributed by atoms with Crippen LogP contribution < -0.4 is 0 Å². The van der Waals surface area contributed by atoms with Crippen LogP contribution in [-0.2, 0) is 0 Å². The summed E-state index contributed by atoms with van der Waals surface area (Å²) in [6, 6.07) is 37.6. The van der Waals surface area contributed by atoms with E-state index in [-0.39, 0.29) is 0 Å². The van der Waals surface area contributed by atoms with Gasteiger partial charge in [-0.05, 0) is 125 Å². The second-order valence-corrected chi connectivity index (χ2v) is 11.6. The topological polar surface area (TPSA) is 0 Å². The number of fused-ring (bicyclic) bond motifs is 2. The van der Waals surface area contributed by atoms with Crippen LogP contribution in [0, 0.1) is 0 Å². The first-order valence-corrected chi connectivity index (χ1v) is 13.5. The van der Waals surface area contributed by atoms with Gasteiger partial charge in [-0.1, -0.05) is 91.0 Å². The van der Waals surface area contributed by atoms with Crippen molar-refractivity contribution in [3.05, 3.63) is 97.1 Å². The minimum atomic E-state index is 1.34. The van der Waals surface area contributed by atoms with Gasteiger partial charge in [0, 0.05) is 0 Å². The third-order valence-corrected chi connectivity index (χ3v) is 10.1. The maximum Gasteiger partial charge on any atom is -0.0000260 e. The summed E-state index contributed by atoms with van der Waals surface area (Å²) in [6.45, 7) is 0. The molecule has 0 atom stereocenters. The maximum absolute atomic E-state index is 2.44. The van der Waals surface area contributed by atoms with E-state index in [0.29, 0.717) is 0 Å². The minimum Gasteiger partial charge on any atom is -0.0610 e. The van der Waals surface area contributed by atoms with E-state index in [1.807, 2.05) is 0 Å². The Labute approximate surface area is 215 Å². The molecule has 0 heteroatoms. The van der Waals surface area contributed by atoms with Gasteiger partial charge >= 0.3 is 0 Å². The van der Waals surface area contributed by atoms with Crippen LogP contribution in [0.3, 0.4) is 0 Å². The van der Waals surface area contributed by atoms with Gasteiger partial charge in [-0.3, -0.25) is 0 Å². The highest BCUT2D eigenvalue weighted by Crippen LogP contribution is 2.57. The van der Waals surface area contributed by atoms with E-state index in [0.717, 1.165) is 0 Å². The number of benzene rings is 12. The van der Waals surface area contributed by atoms with Gasteiger partial charge in [-0.15, -0.1) is 0 Å². The van der Waals surface area contributed by atoms with E-state index in [2.05, 4.69) is 97.1 Å². The Morgan fingerprint density at radius 3 is 1.13 bits per heavy atom. The molecule has 12 aromatic carbocycles. The lowest BCUT2D eigenvalue weighted by molar-refractivity contribution is 1.81. The fraction of sp³-hybridized carbons (Fsp3) is 0. The molecule has 38 heavy (non-hydrogen) atoms. The Morgan fingerprint density at radius 1 is 0.211 bits per heavy atom. The van der Waals surface area contributed by atoms with E-state index in [1.165, 1.54) is 118 Å². The van der Waals surface area contributed by atoms with Crippen LogP contribution in [-0.4, -0.2) is 0 Å². The van der Waals surface area contributed by atoms with Crippen molar-refractivity contribution < 1.29 is 0 Å². The fourth-order valence-electron chi connectivity index (χ4n) is 8.81. The Morgan fingerprint density at radius 2 is 0.553 bits per heavy atom. The molecular weight excluding hydrogens is 456 g/mol. The molecule has 0 spiro atoms. The number of rotatable bonds is 0. The van der Waals surface area contributed by atoms with Crippen LogP contribution in [0.1, 0.15) is 0 Å². The molecule has 0 unspecified atom stereocenters. The molecule has 0 radical (unpaired) electrons. The Balaban J connectivity index is 1.68. The second-order valence-electron chi connectivity index (χ2n) is 11.6. The highest BCUT2D eigenvalue weighted by Gasteiger charge is 2.28. The Kier molecular flexibility index (Phi) is 2.40. The standard InChI is InChI=1S/C38H16/c1-2-17-10-13-25-26-15-12-19-5-4-18-6-8-21-16-22-9-7-20-11-14-24-23(3-1)27(17)33(25)37-34(24)30(20)32(22)36-31(21)28(18)29(19)35(26)38(36)37/h1-16H. The van der Waals surface area contributed by atoms with Crippen molar-refractivity contribution in [1.29, 1.82) is 0 Å². The predicted molar refractivity (Wildman–Crippen MR) is 166 cm³/mol. The fourth-order valence-corrected chi connectivity index (χ4v) is 8.81. The summed E-state index contributed by atoms with van der Waals surface area (Å²) in [4.78, 5) is 0. The molecule has 0 aliphatic rings. The van der Waals surface area contributed by atoms with Gasteiger partial charge in [0.05, 0.1) is 0 Å². The Bertz CT molecular complexity index is 2920. The van der Waals surface area contributed by atoms with Crippen LogP contribution in [0.15, 0.2) is 97.1 Å². The van der Waals surface area contributed by atoms with Gasteiger partial charge in [0.2, 0.25) is 0 Å². The molecule has 0 saturated carbocycles. The molecule has 0 aromatic heterocycles.